The third kappa shape index (κ3) is 4.49. The molecule has 3 nitrogen and oxygen atoms in total. The summed E-state index contributed by atoms with van der Waals surface area (Å²) in [5.41, 5.74) is -0.185. The van der Waals surface area contributed by atoms with Crippen molar-refractivity contribution in [2.45, 2.75) is 44.6 Å². The van der Waals surface area contributed by atoms with E-state index in [1.54, 1.807) is 0 Å². The van der Waals surface area contributed by atoms with Gasteiger partial charge in [-0.3, -0.25) is 0 Å². The van der Waals surface area contributed by atoms with Gasteiger partial charge in [0.2, 0.25) is 0 Å². The summed E-state index contributed by atoms with van der Waals surface area (Å²) >= 11 is 0. The van der Waals surface area contributed by atoms with E-state index < -0.39 is 0 Å². The van der Waals surface area contributed by atoms with Gasteiger partial charge in [0.25, 0.3) is 0 Å². The Hall–Kier alpha value is -0.120. The van der Waals surface area contributed by atoms with Crippen LogP contribution in [0.1, 0.15) is 39.0 Å². The fourth-order valence-corrected chi connectivity index (χ4v) is 2.01. The van der Waals surface area contributed by atoms with E-state index in [1.165, 1.54) is 25.7 Å². The molecule has 0 bridgehead atoms. The van der Waals surface area contributed by atoms with Crippen LogP contribution >= 0.6 is 0 Å². The molecule has 0 saturated heterocycles. The molecule has 1 atom stereocenters. The smallest absolute Gasteiger partial charge is 0.0611 e. The molecule has 0 aliphatic heterocycles. The van der Waals surface area contributed by atoms with Gasteiger partial charge in [-0.05, 0) is 39.2 Å². The van der Waals surface area contributed by atoms with Crippen molar-refractivity contribution in [2.24, 2.45) is 5.92 Å². The molecule has 1 aliphatic rings. The molecule has 15 heavy (non-hydrogen) atoms. The lowest BCUT2D eigenvalue weighted by molar-refractivity contribution is 0.0699. The Kier molecular flexibility index (Phi) is 5.58. The summed E-state index contributed by atoms with van der Waals surface area (Å²) in [6, 6.07) is 0. The molecule has 1 rings (SSSR count). The fourth-order valence-electron chi connectivity index (χ4n) is 2.01. The molecule has 0 aromatic carbocycles. The van der Waals surface area contributed by atoms with Gasteiger partial charge in [-0.25, -0.2) is 0 Å². The Labute approximate surface area is 93.2 Å². The van der Waals surface area contributed by atoms with Crippen molar-refractivity contribution in [1.29, 1.82) is 0 Å². The predicted molar refractivity (Wildman–Crippen MR) is 61.9 cm³/mol. The largest absolute Gasteiger partial charge is 0.394 e. The van der Waals surface area contributed by atoms with Gasteiger partial charge in [0.1, 0.15) is 0 Å². The Morgan fingerprint density at radius 2 is 2.07 bits per heavy atom. The summed E-state index contributed by atoms with van der Waals surface area (Å²) in [6.45, 7) is 3.84. The highest BCUT2D eigenvalue weighted by molar-refractivity contribution is 4.80. The first-order chi connectivity index (χ1) is 7.20. The van der Waals surface area contributed by atoms with Gasteiger partial charge in [-0.1, -0.05) is 12.8 Å². The fraction of sp³-hybridized carbons (Fsp3) is 1.00. The molecular weight excluding hydrogens is 190 g/mol. The molecular formula is C12H25NO2. The summed E-state index contributed by atoms with van der Waals surface area (Å²) in [5, 5.41) is 12.3. The Morgan fingerprint density at radius 3 is 2.60 bits per heavy atom. The zero-order valence-corrected chi connectivity index (χ0v) is 10.1. The van der Waals surface area contributed by atoms with Crippen molar-refractivity contribution in [2.75, 3.05) is 26.9 Å². The minimum Gasteiger partial charge on any atom is -0.394 e. The van der Waals surface area contributed by atoms with Gasteiger partial charge in [-0.15, -0.1) is 0 Å². The lowest BCUT2D eigenvalue weighted by atomic mass is 10.0. The van der Waals surface area contributed by atoms with Crippen molar-refractivity contribution in [1.82, 2.24) is 5.32 Å². The first-order valence-electron chi connectivity index (χ1n) is 6.08. The van der Waals surface area contributed by atoms with Crippen LogP contribution in [0.3, 0.4) is 0 Å². The standard InChI is InChI=1S/C12H25NO2/c1-12(10-14,13-2)7-8-15-9-11-5-3-4-6-11/h11,13-14H,3-10H2,1-2H3. The van der Waals surface area contributed by atoms with Gasteiger partial charge in [-0.2, -0.15) is 0 Å². The second kappa shape index (κ2) is 6.46. The molecule has 0 spiro atoms. The molecule has 1 unspecified atom stereocenters. The third-order valence-corrected chi connectivity index (χ3v) is 3.58. The maximum atomic E-state index is 9.18. The van der Waals surface area contributed by atoms with E-state index >= 15 is 0 Å². The Balaban J connectivity index is 2.04. The highest BCUT2D eigenvalue weighted by atomic mass is 16.5. The van der Waals surface area contributed by atoms with E-state index in [2.05, 4.69) is 5.32 Å². The SMILES string of the molecule is CNC(C)(CO)CCOCC1CCCC1. The average molecular weight is 215 g/mol. The van der Waals surface area contributed by atoms with E-state index in [0.29, 0.717) is 0 Å². The molecule has 0 amide bonds. The molecule has 0 radical (unpaired) electrons. The maximum absolute atomic E-state index is 9.18. The lowest BCUT2D eigenvalue weighted by Crippen LogP contribution is -2.44. The summed E-state index contributed by atoms with van der Waals surface area (Å²) < 4.78 is 5.67. The van der Waals surface area contributed by atoms with Gasteiger partial charge < -0.3 is 15.2 Å². The zero-order chi connectivity index (χ0) is 11.1. The molecule has 2 N–H and O–H groups in total. The number of aliphatic hydroxyl groups excluding tert-OH is 1. The summed E-state index contributed by atoms with van der Waals surface area (Å²) in [6.07, 6.45) is 6.29. The van der Waals surface area contributed by atoms with Crippen LogP contribution < -0.4 is 5.32 Å². The first kappa shape index (κ1) is 12.9. The number of likely N-dealkylation sites (N-methyl/N-ethyl adjacent to an activating group) is 1. The van der Waals surface area contributed by atoms with Crippen LogP contribution in [0.25, 0.3) is 0 Å². The van der Waals surface area contributed by atoms with Crippen LogP contribution in [-0.2, 0) is 4.74 Å². The molecule has 1 saturated carbocycles. The summed E-state index contributed by atoms with van der Waals surface area (Å²) in [7, 11) is 1.88. The van der Waals surface area contributed by atoms with Crippen molar-refractivity contribution in [3.8, 4) is 0 Å². The third-order valence-electron chi connectivity index (χ3n) is 3.58. The molecule has 0 aromatic heterocycles. The van der Waals surface area contributed by atoms with E-state index in [-0.39, 0.29) is 12.1 Å². The monoisotopic (exact) mass is 215 g/mol. The quantitative estimate of drug-likeness (QED) is 0.633. The second-order valence-corrected chi connectivity index (χ2v) is 4.94. The first-order valence-corrected chi connectivity index (χ1v) is 6.08. The molecule has 3 heteroatoms. The molecule has 0 heterocycles. The molecule has 1 aliphatic carbocycles. The van der Waals surface area contributed by atoms with Crippen LogP contribution in [0.15, 0.2) is 0 Å². The van der Waals surface area contributed by atoms with Crippen molar-refractivity contribution < 1.29 is 9.84 Å². The van der Waals surface area contributed by atoms with E-state index in [4.69, 9.17) is 4.74 Å². The van der Waals surface area contributed by atoms with Gasteiger partial charge >= 0.3 is 0 Å². The topological polar surface area (TPSA) is 41.5 Å². The molecule has 90 valence electrons. The zero-order valence-electron chi connectivity index (χ0n) is 10.1. The number of aliphatic hydroxyl groups is 1. The number of nitrogens with one attached hydrogen (secondary N) is 1. The average Bonchev–Trinajstić information content (AvgIpc) is 2.77. The van der Waals surface area contributed by atoms with E-state index in [1.807, 2.05) is 14.0 Å². The minimum absolute atomic E-state index is 0.163. The maximum Gasteiger partial charge on any atom is 0.0611 e. The van der Waals surface area contributed by atoms with Crippen molar-refractivity contribution >= 4 is 0 Å². The Bertz CT molecular complexity index is 163. The number of ether oxygens (including phenoxy) is 1. The van der Waals surface area contributed by atoms with Gasteiger partial charge in [0, 0.05) is 18.8 Å². The van der Waals surface area contributed by atoms with Crippen LogP contribution in [0.5, 0.6) is 0 Å². The summed E-state index contributed by atoms with van der Waals surface area (Å²) in [4.78, 5) is 0. The van der Waals surface area contributed by atoms with Crippen LogP contribution in [0.2, 0.25) is 0 Å². The number of hydrogen-bond acceptors (Lipinski definition) is 3. The number of rotatable bonds is 7. The second-order valence-electron chi connectivity index (χ2n) is 4.94. The van der Waals surface area contributed by atoms with Crippen LogP contribution in [0.4, 0.5) is 0 Å². The van der Waals surface area contributed by atoms with Gasteiger partial charge in [0.15, 0.2) is 0 Å². The molecule has 0 aromatic rings. The van der Waals surface area contributed by atoms with Crippen molar-refractivity contribution in [3.05, 3.63) is 0 Å². The highest BCUT2D eigenvalue weighted by Gasteiger charge is 2.21. The van der Waals surface area contributed by atoms with Crippen LogP contribution in [0, 0.1) is 5.92 Å². The van der Waals surface area contributed by atoms with Gasteiger partial charge in [0.05, 0.1) is 6.61 Å². The lowest BCUT2D eigenvalue weighted by Gasteiger charge is -2.26. The normalized spacial score (nSPS) is 21.8. The van der Waals surface area contributed by atoms with Crippen molar-refractivity contribution in [3.63, 3.8) is 0 Å². The Morgan fingerprint density at radius 1 is 1.40 bits per heavy atom. The number of hydrogen-bond donors (Lipinski definition) is 2. The van der Waals surface area contributed by atoms with E-state index in [9.17, 15) is 5.11 Å². The van der Waals surface area contributed by atoms with Crippen LogP contribution in [-0.4, -0.2) is 37.5 Å². The molecule has 1 fully saturated rings. The predicted octanol–water partition coefficient (Wildman–Crippen LogP) is 1.55. The highest BCUT2D eigenvalue weighted by Crippen LogP contribution is 2.24. The summed E-state index contributed by atoms with van der Waals surface area (Å²) in [5.74, 6) is 0.792. The van der Waals surface area contributed by atoms with E-state index in [0.717, 1.165) is 25.6 Å². The minimum atomic E-state index is -0.185.